The second-order valence-electron chi connectivity index (χ2n) is 5.44. The Kier molecular flexibility index (Phi) is 5.12. The van der Waals surface area contributed by atoms with Crippen LogP contribution in [0.1, 0.15) is 17.4 Å². The van der Waals surface area contributed by atoms with Crippen LogP contribution in [0.3, 0.4) is 0 Å². The van der Waals surface area contributed by atoms with Gasteiger partial charge in [0, 0.05) is 11.6 Å². The summed E-state index contributed by atoms with van der Waals surface area (Å²) in [4.78, 5) is 25.0. The second kappa shape index (κ2) is 7.65. The number of rotatable bonds is 5. The number of para-hydroxylation sites is 1. The van der Waals surface area contributed by atoms with Crippen LogP contribution in [-0.2, 0) is 4.74 Å². The van der Waals surface area contributed by atoms with Gasteiger partial charge in [-0.15, -0.1) is 0 Å². The molecule has 0 amide bonds. The van der Waals surface area contributed by atoms with Gasteiger partial charge >= 0.3 is 5.97 Å². The van der Waals surface area contributed by atoms with Gasteiger partial charge in [-0.25, -0.2) is 4.79 Å². The Labute approximate surface area is 150 Å². The minimum absolute atomic E-state index is 0.0838. The lowest BCUT2D eigenvalue weighted by molar-refractivity contribution is 0.0518. The number of ether oxygens (including phenoxy) is 2. The van der Waals surface area contributed by atoms with E-state index < -0.39 is 5.97 Å². The number of nitrogens with zero attached hydrogens (tertiary/aromatic N) is 2. The van der Waals surface area contributed by atoms with E-state index in [0.29, 0.717) is 22.6 Å². The molecule has 6 nitrogen and oxygen atoms in total. The van der Waals surface area contributed by atoms with E-state index in [-0.39, 0.29) is 17.9 Å². The van der Waals surface area contributed by atoms with Crippen molar-refractivity contribution in [3.05, 3.63) is 76.7 Å². The molecular weight excluding hydrogens is 332 g/mol. The molecule has 0 atom stereocenters. The first-order chi connectivity index (χ1) is 12.6. The van der Waals surface area contributed by atoms with Crippen molar-refractivity contribution in [1.29, 1.82) is 0 Å². The van der Waals surface area contributed by atoms with Crippen LogP contribution >= 0.6 is 0 Å². The average molecular weight is 350 g/mol. The molecule has 0 saturated heterocycles. The summed E-state index contributed by atoms with van der Waals surface area (Å²) in [5.74, 6) is 0.0972. The monoisotopic (exact) mass is 350 g/mol. The van der Waals surface area contributed by atoms with Gasteiger partial charge in [-0.3, -0.25) is 4.79 Å². The SMILES string of the molecule is CCOC(=O)c1nn(-c2ccccc2)c(=O)cc1-c1ccc(OC)cc1. The van der Waals surface area contributed by atoms with Gasteiger partial charge in [0.1, 0.15) is 5.75 Å². The third-order valence-electron chi connectivity index (χ3n) is 3.80. The number of aromatic nitrogens is 2. The van der Waals surface area contributed by atoms with E-state index in [9.17, 15) is 9.59 Å². The molecule has 1 heterocycles. The molecule has 0 aliphatic heterocycles. The number of benzene rings is 2. The molecule has 0 bridgehead atoms. The maximum Gasteiger partial charge on any atom is 0.359 e. The minimum atomic E-state index is -0.581. The Morgan fingerprint density at radius 1 is 1.08 bits per heavy atom. The highest BCUT2D eigenvalue weighted by molar-refractivity contribution is 5.95. The summed E-state index contributed by atoms with van der Waals surface area (Å²) in [6.45, 7) is 1.94. The second-order valence-corrected chi connectivity index (χ2v) is 5.44. The molecule has 2 aromatic carbocycles. The molecule has 3 aromatic rings. The van der Waals surface area contributed by atoms with Gasteiger partial charge in [0.2, 0.25) is 0 Å². The molecule has 0 aliphatic carbocycles. The van der Waals surface area contributed by atoms with E-state index in [1.807, 2.05) is 6.07 Å². The standard InChI is InChI=1S/C20H18N2O4/c1-3-26-20(24)19-17(14-9-11-16(25-2)12-10-14)13-18(23)22(21-19)15-7-5-4-6-8-15/h4-13H,3H2,1-2H3. The van der Waals surface area contributed by atoms with Crippen molar-refractivity contribution >= 4 is 5.97 Å². The third kappa shape index (κ3) is 3.49. The maximum absolute atomic E-state index is 12.6. The van der Waals surface area contributed by atoms with E-state index in [4.69, 9.17) is 9.47 Å². The summed E-state index contributed by atoms with van der Waals surface area (Å²) in [5, 5.41) is 4.28. The van der Waals surface area contributed by atoms with E-state index in [1.165, 1.54) is 10.7 Å². The highest BCUT2D eigenvalue weighted by Gasteiger charge is 2.19. The fourth-order valence-electron chi connectivity index (χ4n) is 2.55. The Morgan fingerprint density at radius 3 is 2.38 bits per heavy atom. The fourth-order valence-corrected chi connectivity index (χ4v) is 2.55. The lowest BCUT2D eigenvalue weighted by Gasteiger charge is -2.12. The summed E-state index contributed by atoms with van der Waals surface area (Å²) in [5.41, 5.74) is 1.42. The van der Waals surface area contributed by atoms with Crippen molar-refractivity contribution in [1.82, 2.24) is 9.78 Å². The first kappa shape index (κ1) is 17.4. The third-order valence-corrected chi connectivity index (χ3v) is 3.80. The van der Waals surface area contributed by atoms with Crippen molar-refractivity contribution in [3.8, 4) is 22.6 Å². The molecule has 0 unspecified atom stereocenters. The molecule has 6 heteroatoms. The number of esters is 1. The molecule has 0 fully saturated rings. The lowest BCUT2D eigenvalue weighted by Crippen LogP contribution is -2.25. The molecule has 3 rings (SSSR count). The van der Waals surface area contributed by atoms with Crippen LogP contribution in [0.15, 0.2) is 65.5 Å². The van der Waals surface area contributed by atoms with Gasteiger partial charge in [-0.05, 0) is 36.8 Å². The summed E-state index contributed by atoms with van der Waals surface area (Å²) >= 11 is 0. The molecule has 26 heavy (non-hydrogen) atoms. The van der Waals surface area contributed by atoms with Gasteiger partial charge in [-0.1, -0.05) is 30.3 Å². The highest BCUT2D eigenvalue weighted by atomic mass is 16.5. The van der Waals surface area contributed by atoms with Crippen LogP contribution in [-0.4, -0.2) is 29.5 Å². The molecule has 0 radical (unpaired) electrons. The van der Waals surface area contributed by atoms with Crippen LogP contribution in [0.25, 0.3) is 16.8 Å². The zero-order valence-corrected chi connectivity index (χ0v) is 14.5. The average Bonchev–Trinajstić information content (AvgIpc) is 2.68. The fraction of sp³-hybridized carbons (Fsp3) is 0.150. The van der Waals surface area contributed by atoms with Gasteiger partial charge in [0.15, 0.2) is 5.69 Å². The van der Waals surface area contributed by atoms with E-state index in [0.717, 1.165) is 0 Å². The molecule has 0 spiro atoms. The number of hydrogen-bond acceptors (Lipinski definition) is 5. The molecule has 132 valence electrons. The first-order valence-electron chi connectivity index (χ1n) is 8.15. The number of hydrogen-bond donors (Lipinski definition) is 0. The Hall–Kier alpha value is -3.41. The normalized spacial score (nSPS) is 10.4. The Balaban J connectivity index is 2.18. The smallest absolute Gasteiger partial charge is 0.359 e. The molecule has 1 aromatic heterocycles. The zero-order valence-electron chi connectivity index (χ0n) is 14.5. The van der Waals surface area contributed by atoms with Gasteiger partial charge in [-0.2, -0.15) is 9.78 Å². The van der Waals surface area contributed by atoms with E-state index in [2.05, 4.69) is 5.10 Å². The van der Waals surface area contributed by atoms with Crippen LogP contribution < -0.4 is 10.3 Å². The molecule has 0 N–H and O–H groups in total. The van der Waals surface area contributed by atoms with E-state index >= 15 is 0 Å². The van der Waals surface area contributed by atoms with Crippen LogP contribution in [0.2, 0.25) is 0 Å². The largest absolute Gasteiger partial charge is 0.497 e. The molecule has 0 aliphatic rings. The van der Waals surface area contributed by atoms with Crippen molar-refractivity contribution in [2.24, 2.45) is 0 Å². The van der Waals surface area contributed by atoms with Crippen LogP contribution in [0.4, 0.5) is 0 Å². The van der Waals surface area contributed by atoms with Gasteiger partial charge in [0.05, 0.1) is 19.4 Å². The Bertz CT molecular complexity index is 963. The van der Waals surface area contributed by atoms with Crippen molar-refractivity contribution in [2.75, 3.05) is 13.7 Å². The number of carbonyl (C=O) groups is 1. The van der Waals surface area contributed by atoms with E-state index in [1.54, 1.807) is 62.6 Å². The van der Waals surface area contributed by atoms with Crippen LogP contribution in [0, 0.1) is 0 Å². The number of carbonyl (C=O) groups excluding carboxylic acids is 1. The predicted molar refractivity (Wildman–Crippen MR) is 97.8 cm³/mol. The summed E-state index contributed by atoms with van der Waals surface area (Å²) < 4.78 is 11.5. The summed E-state index contributed by atoms with van der Waals surface area (Å²) in [7, 11) is 1.57. The number of methoxy groups -OCH3 is 1. The minimum Gasteiger partial charge on any atom is -0.497 e. The predicted octanol–water partition coefficient (Wildman–Crippen LogP) is 3.08. The summed E-state index contributed by atoms with van der Waals surface area (Å²) in [6.07, 6.45) is 0. The molecule has 0 saturated carbocycles. The Morgan fingerprint density at radius 2 is 1.77 bits per heavy atom. The van der Waals surface area contributed by atoms with Crippen LogP contribution in [0.5, 0.6) is 5.75 Å². The quantitative estimate of drug-likeness (QED) is 0.661. The zero-order chi connectivity index (χ0) is 18.5. The lowest BCUT2D eigenvalue weighted by atomic mass is 10.0. The topological polar surface area (TPSA) is 70.4 Å². The molecular formula is C20H18N2O4. The maximum atomic E-state index is 12.6. The summed E-state index contributed by atoms with van der Waals surface area (Å²) in [6, 6.07) is 17.4. The van der Waals surface area contributed by atoms with Gasteiger partial charge < -0.3 is 9.47 Å². The highest BCUT2D eigenvalue weighted by Crippen LogP contribution is 2.24. The van der Waals surface area contributed by atoms with Crippen molar-refractivity contribution in [2.45, 2.75) is 6.92 Å². The van der Waals surface area contributed by atoms with Crippen molar-refractivity contribution < 1.29 is 14.3 Å². The van der Waals surface area contributed by atoms with Crippen molar-refractivity contribution in [3.63, 3.8) is 0 Å². The first-order valence-corrected chi connectivity index (χ1v) is 8.15. The van der Waals surface area contributed by atoms with Gasteiger partial charge in [0.25, 0.3) is 5.56 Å².